The molecule has 0 saturated heterocycles. The maximum atomic E-state index is 12.5. The normalized spacial score (nSPS) is 15.9. The van der Waals surface area contributed by atoms with E-state index in [9.17, 15) is 9.59 Å². The van der Waals surface area contributed by atoms with Gasteiger partial charge in [-0.05, 0) is 82.1 Å². The monoisotopic (exact) mass is 491 g/mol. The second kappa shape index (κ2) is 9.39. The quantitative estimate of drug-likeness (QED) is 0.449. The summed E-state index contributed by atoms with van der Waals surface area (Å²) in [4.78, 5) is 38.5. The summed E-state index contributed by atoms with van der Waals surface area (Å²) < 4.78 is 5.83. The molecule has 3 aromatic rings. The van der Waals surface area contributed by atoms with Gasteiger partial charge in [0.1, 0.15) is 23.0 Å². The van der Waals surface area contributed by atoms with Crippen LogP contribution in [-0.4, -0.2) is 58.9 Å². The van der Waals surface area contributed by atoms with Crippen LogP contribution in [0.5, 0.6) is 5.75 Å². The smallest absolute Gasteiger partial charge is 0.275 e. The maximum Gasteiger partial charge on any atom is 0.275 e. The number of hydrogen-bond acceptors (Lipinski definition) is 8. The van der Waals surface area contributed by atoms with E-state index in [1.165, 1.54) is 18.9 Å². The number of aromatic nitrogens is 2. The molecule has 5 rings (SSSR count). The molecule has 1 N–H and O–H groups in total. The van der Waals surface area contributed by atoms with Crippen molar-refractivity contribution in [3.05, 3.63) is 47.3 Å². The molecule has 3 heterocycles. The van der Waals surface area contributed by atoms with Gasteiger partial charge in [-0.1, -0.05) is 0 Å². The SMILES string of the molecule is CC1=CC(=O)N(Nc2nc(CC3CC3)nc3sc(-c4ccc(OCCN(C)C)cc4)c(C)c23)C1=O. The van der Waals surface area contributed by atoms with Crippen molar-refractivity contribution in [2.75, 3.05) is 32.7 Å². The van der Waals surface area contributed by atoms with E-state index < -0.39 is 0 Å². The van der Waals surface area contributed by atoms with Crippen molar-refractivity contribution in [3.63, 3.8) is 0 Å². The number of thiophene rings is 1. The third-order valence-electron chi connectivity index (χ3n) is 6.25. The molecule has 1 aliphatic heterocycles. The predicted molar refractivity (Wildman–Crippen MR) is 137 cm³/mol. The van der Waals surface area contributed by atoms with E-state index in [-0.39, 0.29) is 11.8 Å². The van der Waals surface area contributed by atoms with Gasteiger partial charge in [0.15, 0.2) is 5.82 Å². The third kappa shape index (κ3) is 4.92. The van der Waals surface area contributed by atoms with Crippen molar-refractivity contribution >= 4 is 39.2 Å². The second-order valence-electron chi connectivity index (χ2n) is 9.47. The summed E-state index contributed by atoms with van der Waals surface area (Å²) in [5.74, 6) is 1.93. The Bertz CT molecular complexity index is 1330. The molecule has 35 heavy (non-hydrogen) atoms. The zero-order valence-corrected chi connectivity index (χ0v) is 21.2. The summed E-state index contributed by atoms with van der Waals surface area (Å²) >= 11 is 1.60. The molecule has 1 aromatic carbocycles. The molecule has 182 valence electrons. The third-order valence-corrected chi connectivity index (χ3v) is 7.48. The fourth-order valence-electron chi connectivity index (χ4n) is 4.06. The van der Waals surface area contributed by atoms with Crippen molar-refractivity contribution in [1.82, 2.24) is 19.9 Å². The van der Waals surface area contributed by atoms with Gasteiger partial charge in [0.05, 0.1) is 5.39 Å². The number of ether oxygens (including phenoxy) is 1. The summed E-state index contributed by atoms with van der Waals surface area (Å²) in [7, 11) is 4.04. The molecular formula is C26H29N5O3S. The molecule has 1 fully saturated rings. The Morgan fingerprint density at radius 3 is 2.51 bits per heavy atom. The Labute approximate surface area is 208 Å². The fraction of sp³-hybridized carbons (Fsp3) is 0.385. The number of likely N-dealkylation sites (N-methyl/N-ethyl adjacent to an activating group) is 1. The average Bonchev–Trinajstić information content (AvgIpc) is 3.52. The summed E-state index contributed by atoms with van der Waals surface area (Å²) in [5, 5.41) is 1.87. The topological polar surface area (TPSA) is 87.7 Å². The van der Waals surface area contributed by atoms with Crippen LogP contribution in [0.15, 0.2) is 35.9 Å². The van der Waals surface area contributed by atoms with Gasteiger partial charge in [-0.2, -0.15) is 5.01 Å². The van der Waals surface area contributed by atoms with E-state index in [0.29, 0.717) is 23.9 Å². The molecule has 0 bridgehead atoms. The highest BCUT2D eigenvalue weighted by atomic mass is 32.1. The van der Waals surface area contributed by atoms with Crippen LogP contribution in [-0.2, 0) is 16.0 Å². The van der Waals surface area contributed by atoms with Gasteiger partial charge in [-0.25, -0.2) is 9.97 Å². The summed E-state index contributed by atoms with van der Waals surface area (Å²) in [5.41, 5.74) is 5.48. The van der Waals surface area contributed by atoms with Gasteiger partial charge < -0.3 is 9.64 Å². The van der Waals surface area contributed by atoms with Gasteiger partial charge in [0.2, 0.25) is 0 Å². The molecule has 9 heteroatoms. The lowest BCUT2D eigenvalue weighted by atomic mass is 10.1. The van der Waals surface area contributed by atoms with Crippen molar-refractivity contribution in [2.24, 2.45) is 5.92 Å². The summed E-state index contributed by atoms with van der Waals surface area (Å²) in [6, 6.07) is 8.06. The van der Waals surface area contributed by atoms with Gasteiger partial charge in [0.25, 0.3) is 11.8 Å². The van der Waals surface area contributed by atoms with E-state index in [2.05, 4.69) is 22.5 Å². The standard InChI is InChI=1S/C26H29N5O3S/c1-15-13-21(32)31(26(15)33)29-24-22-16(2)23(35-25(22)28-20(27-24)14-17-5-6-17)18-7-9-19(10-8-18)34-12-11-30(3)4/h7-10,13,17H,5-6,11-12,14H2,1-4H3,(H,27,28,29). The fourth-order valence-corrected chi connectivity index (χ4v) is 5.26. The molecular weight excluding hydrogens is 462 g/mol. The highest BCUT2D eigenvalue weighted by molar-refractivity contribution is 7.22. The molecule has 0 unspecified atom stereocenters. The Kier molecular flexibility index (Phi) is 6.29. The number of amides is 2. The number of hydrogen-bond donors (Lipinski definition) is 1. The number of benzene rings is 1. The minimum Gasteiger partial charge on any atom is -0.492 e. The lowest BCUT2D eigenvalue weighted by Crippen LogP contribution is -2.36. The Morgan fingerprint density at radius 2 is 1.89 bits per heavy atom. The van der Waals surface area contributed by atoms with E-state index in [0.717, 1.165) is 55.8 Å². The van der Waals surface area contributed by atoms with E-state index in [1.807, 2.05) is 33.2 Å². The first kappa shape index (κ1) is 23.4. The number of aryl methyl sites for hydroxylation is 1. The number of carbonyl (C=O) groups is 2. The van der Waals surface area contributed by atoms with Crippen LogP contribution >= 0.6 is 11.3 Å². The van der Waals surface area contributed by atoms with Gasteiger partial charge in [-0.15, -0.1) is 11.3 Å². The number of carbonyl (C=O) groups excluding carboxylic acids is 2. The van der Waals surface area contributed by atoms with Gasteiger partial charge in [0, 0.05) is 29.5 Å². The van der Waals surface area contributed by atoms with E-state index in [4.69, 9.17) is 14.7 Å². The van der Waals surface area contributed by atoms with Gasteiger partial charge >= 0.3 is 0 Å². The van der Waals surface area contributed by atoms with Crippen LogP contribution in [0.2, 0.25) is 0 Å². The first-order chi connectivity index (χ1) is 16.8. The lowest BCUT2D eigenvalue weighted by Gasteiger charge is -2.17. The number of hydrazine groups is 1. The highest BCUT2D eigenvalue weighted by Crippen LogP contribution is 2.41. The summed E-state index contributed by atoms with van der Waals surface area (Å²) in [6.07, 6.45) is 4.52. The van der Waals surface area contributed by atoms with E-state index in [1.54, 1.807) is 18.3 Å². The Morgan fingerprint density at radius 1 is 1.14 bits per heavy atom. The Hall–Kier alpha value is -3.30. The lowest BCUT2D eigenvalue weighted by molar-refractivity contribution is -0.135. The minimum absolute atomic E-state index is 0.358. The molecule has 0 radical (unpaired) electrons. The van der Waals surface area contributed by atoms with Crippen molar-refractivity contribution in [3.8, 4) is 16.2 Å². The largest absolute Gasteiger partial charge is 0.492 e. The molecule has 2 amide bonds. The number of anilines is 1. The predicted octanol–water partition coefficient (Wildman–Crippen LogP) is 4.20. The van der Waals surface area contributed by atoms with E-state index >= 15 is 0 Å². The molecule has 0 atom stereocenters. The number of nitrogens with zero attached hydrogens (tertiary/aromatic N) is 4. The molecule has 2 aliphatic rings. The zero-order valence-electron chi connectivity index (χ0n) is 20.4. The number of imide groups is 1. The average molecular weight is 492 g/mol. The van der Waals surface area contributed by atoms with Crippen molar-refractivity contribution in [1.29, 1.82) is 0 Å². The zero-order chi connectivity index (χ0) is 24.7. The maximum absolute atomic E-state index is 12.5. The van der Waals surface area contributed by atoms with Crippen molar-refractivity contribution < 1.29 is 14.3 Å². The molecule has 1 aliphatic carbocycles. The second-order valence-corrected chi connectivity index (χ2v) is 10.5. The first-order valence-corrected chi connectivity index (χ1v) is 12.6. The number of nitrogens with one attached hydrogen (secondary N) is 1. The number of fused-ring (bicyclic) bond motifs is 1. The van der Waals surface area contributed by atoms with Crippen LogP contribution in [0.1, 0.15) is 31.2 Å². The van der Waals surface area contributed by atoms with Crippen LogP contribution in [0.4, 0.5) is 5.82 Å². The van der Waals surface area contributed by atoms with Crippen molar-refractivity contribution in [2.45, 2.75) is 33.1 Å². The summed E-state index contributed by atoms with van der Waals surface area (Å²) in [6.45, 7) is 5.15. The highest BCUT2D eigenvalue weighted by Gasteiger charge is 2.31. The van der Waals surface area contributed by atoms with Crippen LogP contribution in [0.3, 0.4) is 0 Å². The molecule has 8 nitrogen and oxygen atoms in total. The molecule has 0 spiro atoms. The minimum atomic E-state index is -0.388. The number of rotatable bonds is 9. The van der Waals surface area contributed by atoms with Crippen LogP contribution < -0.4 is 10.2 Å². The first-order valence-electron chi connectivity index (χ1n) is 11.8. The van der Waals surface area contributed by atoms with Gasteiger partial charge in [-0.3, -0.25) is 15.0 Å². The van der Waals surface area contributed by atoms with Crippen LogP contribution in [0, 0.1) is 12.8 Å². The molecule has 2 aromatic heterocycles. The molecule has 1 saturated carbocycles. The Balaban J connectivity index is 1.48. The van der Waals surface area contributed by atoms with Crippen LogP contribution in [0.25, 0.3) is 20.7 Å².